The van der Waals surface area contributed by atoms with Crippen molar-refractivity contribution in [3.8, 4) is 0 Å². The minimum Gasteiger partial charge on any atom is -0.462 e. The molecule has 0 N–H and O–H groups in total. The fourth-order valence-electron chi connectivity index (χ4n) is 7.81. The zero-order valence-electron chi connectivity index (χ0n) is 50.3. The molecule has 0 aliphatic rings. The number of carbonyl (C=O) groups is 3. The Morgan fingerprint density at radius 3 is 0.709 bits per heavy atom. The van der Waals surface area contributed by atoms with E-state index in [-0.39, 0.29) is 37.5 Å². The van der Waals surface area contributed by atoms with Crippen LogP contribution in [-0.2, 0) is 28.6 Å². The van der Waals surface area contributed by atoms with Gasteiger partial charge in [-0.1, -0.05) is 248 Å². The van der Waals surface area contributed by atoms with Gasteiger partial charge in [-0.15, -0.1) is 0 Å². The highest BCUT2D eigenvalue weighted by Crippen LogP contribution is 2.13. The van der Waals surface area contributed by atoms with Gasteiger partial charge in [0.25, 0.3) is 0 Å². The van der Waals surface area contributed by atoms with Crippen molar-refractivity contribution in [3.05, 3.63) is 182 Å². The first kappa shape index (κ1) is 73.5. The number of ether oxygens (including phenoxy) is 3. The summed E-state index contributed by atoms with van der Waals surface area (Å²) in [7, 11) is 0. The van der Waals surface area contributed by atoms with Gasteiger partial charge in [-0.05, 0) is 154 Å². The second-order valence-electron chi connectivity index (χ2n) is 19.8. The van der Waals surface area contributed by atoms with Crippen molar-refractivity contribution in [3.63, 3.8) is 0 Å². The molecule has 0 aromatic heterocycles. The average molecular weight is 1090 g/mol. The average Bonchev–Trinajstić information content (AvgIpc) is 3.45. The SMILES string of the molecule is CC/C=C\C/C=C\C/C=C\C/C=C\C/C=C\C/C=C\C/C=C\CCCCCCCC(=O)OCC(COC(=O)CCCCCC/C=C\C/C=C\C/C=C\C/C=C\CC)OC(=O)CCCCCC/C=C\C/C=C\C/C=C\C/C=C\CC. The molecule has 0 saturated carbocycles. The van der Waals surface area contributed by atoms with Crippen molar-refractivity contribution in [2.75, 3.05) is 13.2 Å². The Labute approximate surface area is 484 Å². The Kier molecular flexibility index (Phi) is 60.5. The standard InChI is InChI=1S/C73H112O6/c1-4-7-10-13-16-19-22-25-28-31-32-33-34-35-36-37-38-39-40-43-45-48-51-54-57-60-63-66-72(75)78-69-70(79-73(76)67-64-61-58-55-52-49-46-42-30-27-24-21-18-15-12-9-6-3)68-77-71(74)65-62-59-56-53-50-47-44-41-29-26-23-20-17-14-11-8-5-2/h7-12,16-21,25-30,32-33,35-36,38-39,43-47,49,70H,4-6,13-15,22-24,31,34,37,40-42,48,50-69H2,1-3H3/b10-7-,11-8-,12-9-,19-16-,20-17-,21-18-,28-25-,29-26-,30-27-,33-32-,36-35-,39-38-,45-43-,47-44-,49-46-. The van der Waals surface area contributed by atoms with E-state index in [9.17, 15) is 14.4 Å². The molecule has 0 radical (unpaired) electrons. The summed E-state index contributed by atoms with van der Waals surface area (Å²) >= 11 is 0. The number of allylic oxidation sites excluding steroid dienone is 30. The van der Waals surface area contributed by atoms with Crippen molar-refractivity contribution in [1.82, 2.24) is 0 Å². The van der Waals surface area contributed by atoms with E-state index in [1.54, 1.807) is 0 Å². The predicted molar refractivity (Wildman–Crippen MR) is 343 cm³/mol. The monoisotopic (exact) mass is 1080 g/mol. The van der Waals surface area contributed by atoms with E-state index >= 15 is 0 Å². The third-order valence-electron chi connectivity index (χ3n) is 12.4. The minimum atomic E-state index is -0.822. The Bertz CT molecular complexity index is 1870. The number of esters is 3. The Morgan fingerprint density at radius 1 is 0.253 bits per heavy atom. The van der Waals surface area contributed by atoms with Crippen LogP contribution in [0.2, 0.25) is 0 Å². The van der Waals surface area contributed by atoms with Gasteiger partial charge >= 0.3 is 17.9 Å². The van der Waals surface area contributed by atoms with Crippen molar-refractivity contribution < 1.29 is 28.6 Å². The van der Waals surface area contributed by atoms with E-state index < -0.39 is 6.10 Å². The summed E-state index contributed by atoms with van der Waals surface area (Å²) in [4.78, 5) is 38.3. The molecular weight excluding hydrogens is 973 g/mol. The third kappa shape index (κ3) is 63.2. The molecule has 0 bridgehead atoms. The fraction of sp³-hybridized carbons (Fsp3) is 0.548. The number of rotatable bonds is 54. The molecule has 0 spiro atoms. The van der Waals surface area contributed by atoms with Crippen LogP contribution < -0.4 is 0 Å². The van der Waals surface area contributed by atoms with E-state index in [0.29, 0.717) is 12.8 Å². The van der Waals surface area contributed by atoms with Crippen LogP contribution in [0.25, 0.3) is 0 Å². The first-order valence-electron chi connectivity index (χ1n) is 31.3. The predicted octanol–water partition coefficient (Wildman–Crippen LogP) is 21.7. The van der Waals surface area contributed by atoms with Crippen molar-refractivity contribution in [2.45, 2.75) is 245 Å². The lowest BCUT2D eigenvalue weighted by Crippen LogP contribution is -2.30. The van der Waals surface area contributed by atoms with Crippen LogP contribution in [0.3, 0.4) is 0 Å². The summed E-state index contributed by atoms with van der Waals surface area (Å²) in [6.45, 7) is 6.23. The van der Waals surface area contributed by atoms with E-state index in [0.717, 1.165) is 199 Å². The van der Waals surface area contributed by atoms with Gasteiger partial charge in [0.1, 0.15) is 13.2 Å². The number of unbranched alkanes of at least 4 members (excludes halogenated alkanes) is 13. The smallest absolute Gasteiger partial charge is 0.306 e. The first-order chi connectivity index (χ1) is 39.0. The maximum atomic E-state index is 12.9. The molecule has 0 aromatic carbocycles. The topological polar surface area (TPSA) is 78.9 Å². The molecule has 0 amide bonds. The Hall–Kier alpha value is -5.49. The number of hydrogen-bond acceptors (Lipinski definition) is 6. The summed E-state index contributed by atoms with van der Waals surface area (Å²) in [6, 6.07) is 0. The summed E-state index contributed by atoms with van der Waals surface area (Å²) in [5.41, 5.74) is 0. The lowest BCUT2D eigenvalue weighted by atomic mass is 10.1. The summed E-state index contributed by atoms with van der Waals surface area (Å²) in [5, 5.41) is 0. The molecule has 0 saturated heterocycles. The molecule has 0 aromatic rings. The summed E-state index contributed by atoms with van der Waals surface area (Å²) in [6.07, 6.45) is 97.4. The molecule has 1 unspecified atom stereocenters. The molecule has 0 rings (SSSR count). The first-order valence-corrected chi connectivity index (χ1v) is 31.3. The fourth-order valence-corrected chi connectivity index (χ4v) is 7.81. The molecule has 0 fully saturated rings. The molecular formula is C73H112O6. The van der Waals surface area contributed by atoms with Crippen LogP contribution in [0.5, 0.6) is 0 Å². The van der Waals surface area contributed by atoms with E-state index in [1.165, 1.54) is 0 Å². The second kappa shape index (κ2) is 65.0. The third-order valence-corrected chi connectivity index (χ3v) is 12.4. The van der Waals surface area contributed by atoms with Crippen LogP contribution in [-0.4, -0.2) is 37.2 Å². The summed E-state index contributed by atoms with van der Waals surface area (Å²) < 4.78 is 16.9. The van der Waals surface area contributed by atoms with Crippen LogP contribution in [0, 0.1) is 0 Å². The van der Waals surface area contributed by atoms with E-state index in [4.69, 9.17) is 14.2 Å². The molecule has 79 heavy (non-hydrogen) atoms. The van der Waals surface area contributed by atoms with Gasteiger partial charge in [-0.25, -0.2) is 0 Å². The lowest BCUT2D eigenvalue weighted by molar-refractivity contribution is -0.167. The zero-order chi connectivity index (χ0) is 57.1. The number of carbonyl (C=O) groups excluding carboxylic acids is 3. The van der Waals surface area contributed by atoms with Crippen LogP contribution in [0.4, 0.5) is 0 Å². The summed E-state index contributed by atoms with van der Waals surface area (Å²) in [5.74, 6) is -0.990. The quantitative estimate of drug-likeness (QED) is 0.0261. The van der Waals surface area contributed by atoms with Gasteiger partial charge in [-0.3, -0.25) is 14.4 Å². The van der Waals surface area contributed by atoms with Crippen LogP contribution in [0.15, 0.2) is 182 Å². The maximum Gasteiger partial charge on any atom is 0.306 e. The van der Waals surface area contributed by atoms with Gasteiger partial charge in [0, 0.05) is 19.3 Å². The minimum absolute atomic E-state index is 0.116. The van der Waals surface area contributed by atoms with Crippen molar-refractivity contribution in [1.29, 1.82) is 0 Å². The highest BCUT2D eigenvalue weighted by atomic mass is 16.6. The molecule has 1 atom stereocenters. The molecule has 0 aliphatic carbocycles. The van der Waals surface area contributed by atoms with Crippen molar-refractivity contribution in [2.24, 2.45) is 0 Å². The van der Waals surface area contributed by atoms with Gasteiger partial charge in [-0.2, -0.15) is 0 Å². The normalized spacial score (nSPS) is 13.4. The van der Waals surface area contributed by atoms with Crippen LogP contribution in [0.1, 0.15) is 239 Å². The van der Waals surface area contributed by atoms with Gasteiger partial charge in [0.2, 0.25) is 0 Å². The van der Waals surface area contributed by atoms with Crippen LogP contribution >= 0.6 is 0 Å². The molecule has 440 valence electrons. The maximum absolute atomic E-state index is 12.9. The zero-order valence-corrected chi connectivity index (χ0v) is 50.3. The second-order valence-corrected chi connectivity index (χ2v) is 19.8. The molecule has 6 heteroatoms. The van der Waals surface area contributed by atoms with E-state index in [1.807, 2.05) is 0 Å². The van der Waals surface area contributed by atoms with Gasteiger partial charge < -0.3 is 14.2 Å². The molecule has 6 nitrogen and oxygen atoms in total. The lowest BCUT2D eigenvalue weighted by Gasteiger charge is -2.18. The Morgan fingerprint density at radius 2 is 0.456 bits per heavy atom. The highest BCUT2D eigenvalue weighted by molar-refractivity contribution is 5.71. The van der Waals surface area contributed by atoms with E-state index in [2.05, 4.69) is 203 Å². The van der Waals surface area contributed by atoms with Crippen molar-refractivity contribution >= 4 is 17.9 Å². The largest absolute Gasteiger partial charge is 0.462 e. The van der Waals surface area contributed by atoms with Gasteiger partial charge in [0.05, 0.1) is 0 Å². The Balaban J connectivity index is 4.51. The molecule has 0 aliphatic heterocycles. The van der Waals surface area contributed by atoms with Gasteiger partial charge in [0.15, 0.2) is 6.10 Å². The highest BCUT2D eigenvalue weighted by Gasteiger charge is 2.19. The molecule has 0 heterocycles. The number of hydrogen-bond donors (Lipinski definition) is 0.